The van der Waals surface area contributed by atoms with Crippen LogP contribution in [-0.4, -0.2) is 30.0 Å². The largest absolute Gasteiger partial charge is 0.467 e. The molecule has 5 nitrogen and oxygen atoms in total. The molecule has 1 aromatic heterocycles. The zero-order chi connectivity index (χ0) is 12.0. The highest BCUT2D eigenvalue weighted by Gasteiger charge is 2.20. The standard InChI is InChI=1S/C11H14N2O3/c1-8(14)13-10(11(15)16-2)7-9-5-3-4-6-12-9/h3-6,10H,7H2,1-2H3,(H,13,14)/t10-/m0/s1. The van der Waals surface area contributed by atoms with Crippen LogP contribution in [0.3, 0.4) is 0 Å². The van der Waals surface area contributed by atoms with Crippen molar-refractivity contribution in [3.05, 3.63) is 30.1 Å². The molecule has 0 saturated heterocycles. The number of esters is 1. The number of ether oxygens (including phenoxy) is 1. The number of pyridine rings is 1. The Morgan fingerprint density at radius 1 is 1.50 bits per heavy atom. The third kappa shape index (κ3) is 3.68. The Hall–Kier alpha value is -1.91. The Bertz CT molecular complexity index is 365. The molecule has 0 radical (unpaired) electrons. The SMILES string of the molecule is COC(=O)[C@H](Cc1ccccn1)NC(C)=O. The Labute approximate surface area is 93.8 Å². The lowest BCUT2D eigenvalue weighted by Gasteiger charge is -2.14. The van der Waals surface area contributed by atoms with E-state index in [1.54, 1.807) is 18.3 Å². The van der Waals surface area contributed by atoms with Crippen molar-refractivity contribution in [1.29, 1.82) is 0 Å². The molecule has 0 fully saturated rings. The van der Waals surface area contributed by atoms with Crippen LogP contribution in [0, 0.1) is 0 Å². The summed E-state index contributed by atoms with van der Waals surface area (Å²) in [7, 11) is 1.29. The zero-order valence-corrected chi connectivity index (χ0v) is 9.27. The first-order valence-corrected chi connectivity index (χ1v) is 4.88. The van der Waals surface area contributed by atoms with Crippen LogP contribution in [0.4, 0.5) is 0 Å². The Kier molecular flexibility index (Phi) is 4.44. The van der Waals surface area contributed by atoms with Crippen LogP contribution in [0.1, 0.15) is 12.6 Å². The van der Waals surface area contributed by atoms with Crippen LogP contribution in [0.25, 0.3) is 0 Å². The number of nitrogens with one attached hydrogen (secondary N) is 1. The summed E-state index contributed by atoms with van der Waals surface area (Å²) in [6, 6.07) is 4.72. The number of carbonyl (C=O) groups is 2. The molecule has 1 amide bonds. The Balaban J connectivity index is 2.70. The third-order valence-electron chi connectivity index (χ3n) is 2.00. The molecule has 1 aromatic rings. The van der Waals surface area contributed by atoms with Gasteiger partial charge in [-0.25, -0.2) is 4.79 Å². The highest BCUT2D eigenvalue weighted by molar-refractivity contribution is 5.83. The summed E-state index contributed by atoms with van der Waals surface area (Å²) in [5.41, 5.74) is 0.728. The van der Waals surface area contributed by atoms with Gasteiger partial charge in [0.15, 0.2) is 0 Å². The molecular weight excluding hydrogens is 208 g/mol. The minimum absolute atomic E-state index is 0.272. The summed E-state index contributed by atoms with van der Waals surface area (Å²) in [6.07, 6.45) is 1.96. The number of methoxy groups -OCH3 is 1. The molecule has 5 heteroatoms. The molecule has 0 aromatic carbocycles. The lowest BCUT2D eigenvalue weighted by atomic mass is 10.1. The monoisotopic (exact) mass is 222 g/mol. The van der Waals surface area contributed by atoms with E-state index in [0.717, 1.165) is 5.69 Å². The predicted octanol–water partition coefficient (Wildman–Crippen LogP) is 0.302. The molecule has 0 aliphatic rings. The van der Waals surface area contributed by atoms with Gasteiger partial charge in [0.1, 0.15) is 6.04 Å². The summed E-state index contributed by atoms with van der Waals surface area (Å²) < 4.78 is 4.60. The fourth-order valence-electron chi connectivity index (χ4n) is 1.31. The minimum atomic E-state index is -0.683. The first-order chi connectivity index (χ1) is 7.63. The van der Waals surface area contributed by atoms with Gasteiger partial charge in [-0.2, -0.15) is 0 Å². The topological polar surface area (TPSA) is 68.3 Å². The summed E-state index contributed by atoms with van der Waals surface area (Å²) in [5, 5.41) is 2.53. The van der Waals surface area contributed by atoms with Gasteiger partial charge in [-0.05, 0) is 12.1 Å². The van der Waals surface area contributed by atoms with Gasteiger partial charge < -0.3 is 10.1 Å². The van der Waals surface area contributed by atoms with E-state index in [1.165, 1.54) is 14.0 Å². The van der Waals surface area contributed by atoms with Crippen molar-refractivity contribution in [1.82, 2.24) is 10.3 Å². The van der Waals surface area contributed by atoms with E-state index in [0.29, 0.717) is 6.42 Å². The van der Waals surface area contributed by atoms with Crippen LogP contribution in [0.5, 0.6) is 0 Å². The lowest BCUT2D eigenvalue weighted by Crippen LogP contribution is -2.42. The lowest BCUT2D eigenvalue weighted by molar-refractivity contribution is -0.144. The van der Waals surface area contributed by atoms with Crippen molar-refractivity contribution in [2.75, 3.05) is 7.11 Å². The predicted molar refractivity (Wildman–Crippen MR) is 57.6 cm³/mol. The van der Waals surface area contributed by atoms with Gasteiger partial charge in [0, 0.05) is 25.2 Å². The maximum atomic E-state index is 11.4. The summed E-state index contributed by atoms with van der Waals surface area (Å²) >= 11 is 0. The van der Waals surface area contributed by atoms with Crippen LogP contribution in [-0.2, 0) is 20.7 Å². The molecule has 0 spiro atoms. The number of aromatic nitrogens is 1. The van der Waals surface area contributed by atoms with Gasteiger partial charge in [-0.15, -0.1) is 0 Å². The molecular formula is C11H14N2O3. The fraction of sp³-hybridized carbons (Fsp3) is 0.364. The van der Waals surface area contributed by atoms with Crippen molar-refractivity contribution >= 4 is 11.9 Å². The fourth-order valence-corrected chi connectivity index (χ4v) is 1.31. The van der Waals surface area contributed by atoms with Crippen molar-refractivity contribution in [3.63, 3.8) is 0 Å². The van der Waals surface area contributed by atoms with Crippen LogP contribution in [0.2, 0.25) is 0 Å². The van der Waals surface area contributed by atoms with Gasteiger partial charge >= 0.3 is 5.97 Å². The van der Waals surface area contributed by atoms with Crippen LogP contribution >= 0.6 is 0 Å². The summed E-state index contributed by atoms with van der Waals surface area (Å²) in [4.78, 5) is 26.4. The van der Waals surface area contributed by atoms with Crippen molar-refractivity contribution in [2.45, 2.75) is 19.4 Å². The molecule has 0 bridgehead atoms. The highest BCUT2D eigenvalue weighted by atomic mass is 16.5. The van der Waals surface area contributed by atoms with Crippen molar-refractivity contribution < 1.29 is 14.3 Å². The van der Waals surface area contributed by atoms with Crippen LogP contribution < -0.4 is 5.32 Å². The van der Waals surface area contributed by atoms with Gasteiger partial charge in [0.2, 0.25) is 5.91 Å². The second-order valence-electron chi connectivity index (χ2n) is 3.30. The number of nitrogens with zero attached hydrogens (tertiary/aromatic N) is 1. The van der Waals surface area contributed by atoms with Crippen LogP contribution in [0.15, 0.2) is 24.4 Å². The van der Waals surface area contributed by atoms with E-state index in [1.807, 2.05) is 6.07 Å². The van der Waals surface area contributed by atoms with Gasteiger partial charge in [-0.3, -0.25) is 9.78 Å². The summed E-state index contributed by atoms with van der Waals surface area (Å²) in [5.74, 6) is -0.743. The zero-order valence-electron chi connectivity index (χ0n) is 9.27. The molecule has 16 heavy (non-hydrogen) atoms. The van der Waals surface area contributed by atoms with E-state index >= 15 is 0 Å². The van der Waals surface area contributed by atoms with Crippen molar-refractivity contribution in [2.24, 2.45) is 0 Å². The smallest absolute Gasteiger partial charge is 0.328 e. The van der Waals surface area contributed by atoms with E-state index < -0.39 is 12.0 Å². The molecule has 0 saturated carbocycles. The van der Waals surface area contributed by atoms with E-state index in [-0.39, 0.29) is 5.91 Å². The Morgan fingerprint density at radius 3 is 2.75 bits per heavy atom. The molecule has 1 heterocycles. The van der Waals surface area contributed by atoms with Crippen molar-refractivity contribution in [3.8, 4) is 0 Å². The average molecular weight is 222 g/mol. The molecule has 1 atom stereocenters. The maximum Gasteiger partial charge on any atom is 0.328 e. The number of amides is 1. The third-order valence-corrected chi connectivity index (χ3v) is 2.00. The van der Waals surface area contributed by atoms with Gasteiger partial charge in [-0.1, -0.05) is 6.07 Å². The maximum absolute atomic E-state index is 11.4. The second-order valence-corrected chi connectivity index (χ2v) is 3.30. The molecule has 0 aliphatic heterocycles. The van der Waals surface area contributed by atoms with E-state index in [2.05, 4.69) is 15.0 Å². The molecule has 0 aliphatic carbocycles. The van der Waals surface area contributed by atoms with E-state index in [4.69, 9.17) is 0 Å². The number of hydrogen-bond acceptors (Lipinski definition) is 4. The number of rotatable bonds is 4. The number of carbonyl (C=O) groups excluding carboxylic acids is 2. The summed E-state index contributed by atoms with van der Waals surface area (Å²) in [6.45, 7) is 1.36. The first kappa shape index (κ1) is 12.2. The first-order valence-electron chi connectivity index (χ1n) is 4.88. The quantitative estimate of drug-likeness (QED) is 0.744. The number of hydrogen-bond donors (Lipinski definition) is 1. The molecule has 1 rings (SSSR count). The van der Waals surface area contributed by atoms with Gasteiger partial charge in [0.05, 0.1) is 7.11 Å². The molecule has 0 unspecified atom stereocenters. The average Bonchev–Trinajstić information content (AvgIpc) is 2.28. The van der Waals surface area contributed by atoms with E-state index in [9.17, 15) is 9.59 Å². The van der Waals surface area contributed by atoms with Gasteiger partial charge in [0.25, 0.3) is 0 Å². The normalized spacial score (nSPS) is 11.6. The molecule has 86 valence electrons. The second kappa shape index (κ2) is 5.85. The molecule has 1 N–H and O–H groups in total. The Morgan fingerprint density at radius 2 is 2.25 bits per heavy atom. The minimum Gasteiger partial charge on any atom is -0.467 e. The highest BCUT2D eigenvalue weighted by Crippen LogP contribution is 2.01.